The molecule has 7 nitrogen and oxygen atoms in total. The molecule has 1 aromatic rings. The third-order valence-corrected chi connectivity index (χ3v) is 5.09. The van der Waals surface area contributed by atoms with Crippen LogP contribution in [0.4, 0.5) is 13.6 Å². The zero-order valence-corrected chi connectivity index (χ0v) is 14.2. The van der Waals surface area contributed by atoms with Gasteiger partial charge in [-0.25, -0.2) is 13.6 Å². The molecule has 1 unspecified atom stereocenters. The Balaban J connectivity index is 1.76. The van der Waals surface area contributed by atoms with E-state index >= 15 is 0 Å². The molecule has 0 spiro atoms. The summed E-state index contributed by atoms with van der Waals surface area (Å²) in [5, 5.41) is 25.6. The van der Waals surface area contributed by atoms with Crippen LogP contribution in [0.2, 0.25) is 0 Å². The summed E-state index contributed by atoms with van der Waals surface area (Å²) in [5.74, 6) is -3.07. The van der Waals surface area contributed by atoms with Crippen molar-refractivity contribution in [3.8, 4) is 0 Å². The van der Waals surface area contributed by atoms with Crippen molar-refractivity contribution in [2.75, 3.05) is 19.7 Å². The molecule has 0 saturated heterocycles. The number of carbonyl (C=O) groups excluding carboxylic acids is 1. The SMILES string of the molecule is O=C(O)NCC(=O)NCc1ccc(C(CO)NCC2CC(F)(F)C2)s1. The third kappa shape index (κ3) is 6.22. The van der Waals surface area contributed by atoms with Crippen molar-refractivity contribution in [2.45, 2.75) is 31.4 Å². The molecule has 0 aliphatic heterocycles. The van der Waals surface area contributed by atoms with Gasteiger partial charge in [-0.1, -0.05) is 0 Å². The van der Waals surface area contributed by atoms with Crippen LogP contribution in [0, 0.1) is 5.92 Å². The van der Waals surface area contributed by atoms with Gasteiger partial charge in [0.25, 0.3) is 0 Å². The number of halogens is 2. The number of alkyl halides is 2. The normalized spacial score (nSPS) is 17.6. The van der Waals surface area contributed by atoms with Crippen LogP contribution in [-0.4, -0.2) is 47.8 Å². The zero-order valence-electron chi connectivity index (χ0n) is 13.4. The van der Waals surface area contributed by atoms with Gasteiger partial charge in [0.2, 0.25) is 11.8 Å². The third-order valence-electron chi connectivity index (χ3n) is 3.90. The summed E-state index contributed by atoms with van der Waals surface area (Å²) in [7, 11) is 0. The molecule has 1 aliphatic carbocycles. The van der Waals surface area contributed by atoms with Gasteiger partial charge >= 0.3 is 6.09 Å². The van der Waals surface area contributed by atoms with Crippen molar-refractivity contribution < 1.29 is 28.6 Å². The maximum absolute atomic E-state index is 12.8. The van der Waals surface area contributed by atoms with Crippen molar-refractivity contribution in [2.24, 2.45) is 5.92 Å². The molecule has 2 rings (SSSR count). The fourth-order valence-corrected chi connectivity index (χ4v) is 3.59. The topological polar surface area (TPSA) is 111 Å². The number of carbonyl (C=O) groups is 2. The number of nitrogens with one attached hydrogen (secondary N) is 3. The summed E-state index contributed by atoms with van der Waals surface area (Å²) in [5.41, 5.74) is 0. The number of hydrogen-bond acceptors (Lipinski definition) is 5. The van der Waals surface area contributed by atoms with Crippen molar-refractivity contribution in [1.82, 2.24) is 16.0 Å². The fraction of sp³-hybridized carbons (Fsp3) is 0.600. The van der Waals surface area contributed by atoms with Crippen molar-refractivity contribution >= 4 is 23.3 Å². The van der Waals surface area contributed by atoms with E-state index < -0.39 is 17.9 Å². The molecule has 5 N–H and O–H groups in total. The number of aliphatic hydroxyl groups excluding tert-OH is 1. The molecule has 1 saturated carbocycles. The highest BCUT2D eigenvalue weighted by Crippen LogP contribution is 2.42. The van der Waals surface area contributed by atoms with Gasteiger partial charge in [0.15, 0.2) is 0 Å². The van der Waals surface area contributed by atoms with E-state index in [9.17, 15) is 23.5 Å². The number of hydrogen-bond donors (Lipinski definition) is 5. The van der Waals surface area contributed by atoms with Gasteiger partial charge in [-0.15, -0.1) is 11.3 Å². The first kappa shape index (κ1) is 19.5. The highest BCUT2D eigenvalue weighted by molar-refractivity contribution is 7.12. The second-order valence-electron chi connectivity index (χ2n) is 6.01. The fourth-order valence-electron chi connectivity index (χ4n) is 2.57. The maximum Gasteiger partial charge on any atom is 0.405 e. The Kier molecular flexibility index (Phi) is 6.68. The van der Waals surface area contributed by atoms with E-state index in [0.29, 0.717) is 6.54 Å². The summed E-state index contributed by atoms with van der Waals surface area (Å²) in [6.45, 7) is 0.196. The molecule has 25 heavy (non-hydrogen) atoms. The minimum atomic E-state index is -2.55. The molecule has 0 radical (unpaired) electrons. The van der Waals surface area contributed by atoms with E-state index in [2.05, 4.69) is 10.6 Å². The van der Waals surface area contributed by atoms with E-state index in [4.69, 9.17) is 5.11 Å². The molecule has 1 atom stereocenters. The van der Waals surface area contributed by atoms with Gasteiger partial charge in [0.1, 0.15) is 0 Å². The van der Waals surface area contributed by atoms with Crippen LogP contribution in [-0.2, 0) is 11.3 Å². The highest BCUT2D eigenvalue weighted by Gasteiger charge is 2.44. The molecule has 1 fully saturated rings. The van der Waals surface area contributed by atoms with Crippen LogP contribution in [0.5, 0.6) is 0 Å². The van der Waals surface area contributed by atoms with E-state index in [1.54, 1.807) is 6.07 Å². The average molecular weight is 377 g/mol. The second kappa shape index (κ2) is 8.54. The highest BCUT2D eigenvalue weighted by atomic mass is 32.1. The lowest BCUT2D eigenvalue weighted by molar-refractivity contribution is -0.120. The summed E-state index contributed by atoms with van der Waals surface area (Å²) < 4.78 is 25.6. The Hall–Kier alpha value is -1.78. The standard InChI is InChI=1S/C15H21F2N3O4S/c16-15(17)3-9(4-15)5-18-11(8-21)12-2-1-10(25-12)6-19-13(22)7-20-14(23)24/h1-2,9,11,18,20-21H,3-8H2,(H,19,22)(H,23,24). The molecule has 0 bridgehead atoms. The number of aliphatic hydroxyl groups is 1. The van der Waals surface area contributed by atoms with E-state index in [1.807, 2.05) is 11.4 Å². The van der Waals surface area contributed by atoms with Gasteiger partial charge in [-0.3, -0.25) is 4.79 Å². The van der Waals surface area contributed by atoms with Crippen LogP contribution in [0.1, 0.15) is 28.6 Å². The molecule has 1 aromatic heterocycles. The summed E-state index contributed by atoms with van der Waals surface area (Å²) in [6.07, 6.45) is -1.51. The van der Waals surface area contributed by atoms with E-state index in [-0.39, 0.29) is 44.5 Å². The van der Waals surface area contributed by atoms with Crippen LogP contribution < -0.4 is 16.0 Å². The van der Waals surface area contributed by atoms with E-state index in [0.717, 1.165) is 9.75 Å². The molecular formula is C15H21F2N3O4S. The Morgan fingerprint density at radius 1 is 1.32 bits per heavy atom. The number of carboxylic acid groups (broad SMARTS) is 1. The molecule has 1 aliphatic rings. The molecule has 1 heterocycles. The lowest BCUT2D eigenvalue weighted by Gasteiger charge is -2.35. The van der Waals surface area contributed by atoms with Crippen molar-refractivity contribution in [3.05, 3.63) is 21.9 Å². The molecular weight excluding hydrogens is 356 g/mol. The quantitative estimate of drug-likeness (QED) is 0.446. The van der Waals surface area contributed by atoms with Crippen LogP contribution in [0.15, 0.2) is 12.1 Å². The molecule has 10 heteroatoms. The minimum absolute atomic E-state index is 0.0792. The Morgan fingerprint density at radius 3 is 2.64 bits per heavy atom. The second-order valence-corrected chi connectivity index (χ2v) is 7.21. The number of thiophene rings is 1. The van der Waals surface area contributed by atoms with Crippen LogP contribution in [0.25, 0.3) is 0 Å². The lowest BCUT2D eigenvalue weighted by atomic mass is 9.81. The largest absolute Gasteiger partial charge is 0.465 e. The first-order valence-corrected chi connectivity index (χ1v) is 8.65. The van der Waals surface area contributed by atoms with E-state index in [1.165, 1.54) is 11.3 Å². The molecule has 2 amide bonds. The monoisotopic (exact) mass is 377 g/mol. The first-order valence-electron chi connectivity index (χ1n) is 7.83. The predicted molar refractivity (Wildman–Crippen MR) is 87.7 cm³/mol. The predicted octanol–water partition coefficient (Wildman–Crippen LogP) is 1.30. The Bertz CT molecular complexity index is 603. The number of rotatable bonds is 9. The van der Waals surface area contributed by atoms with Crippen LogP contribution >= 0.6 is 11.3 Å². The Morgan fingerprint density at radius 2 is 2.04 bits per heavy atom. The first-order chi connectivity index (χ1) is 11.8. The van der Waals surface area contributed by atoms with Gasteiger partial charge in [-0.2, -0.15) is 0 Å². The zero-order chi connectivity index (χ0) is 18.4. The lowest BCUT2D eigenvalue weighted by Crippen LogP contribution is -2.42. The van der Waals surface area contributed by atoms with Crippen molar-refractivity contribution in [1.29, 1.82) is 0 Å². The molecule has 140 valence electrons. The summed E-state index contributed by atoms with van der Waals surface area (Å²) >= 11 is 1.39. The number of amides is 2. The van der Waals surface area contributed by atoms with Gasteiger partial charge in [0, 0.05) is 22.6 Å². The summed E-state index contributed by atoms with van der Waals surface area (Å²) in [4.78, 5) is 23.4. The maximum atomic E-state index is 12.8. The minimum Gasteiger partial charge on any atom is -0.465 e. The van der Waals surface area contributed by atoms with Crippen LogP contribution in [0.3, 0.4) is 0 Å². The van der Waals surface area contributed by atoms with Gasteiger partial charge in [0.05, 0.1) is 25.7 Å². The average Bonchev–Trinajstić information content (AvgIpc) is 2.98. The Labute approximate surface area is 147 Å². The smallest absolute Gasteiger partial charge is 0.405 e. The summed E-state index contributed by atoms with van der Waals surface area (Å²) in [6, 6.07) is 3.27. The van der Waals surface area contributed by atoms with Gasteiger partial charge < -0.3 is 26.2 Å². The molecule has 0 aromatic carbocycles. The van der Waals surface area contributed by atoms with Gasteiger partial charge in [-0.05, 0) is 24.6 Å². The van der Waals surface area contributed by atoms with Crippen molar-refractivity contribution in [3.63, 3.8) is 0 Å².